The minimum atomic E-state index is -3.60. The molecule has 1 heterocycles. The molecule has 2 N–H and O–H groups in total. The average molecular weight is 448 g/mol. The maximum atomic E-state index is 13.0. The van der Waals surface area contributed by atoms with Gasteiger partial charge in [-0.1, -0.05) is 25.3 Å². The number of hydrogen-bond donors (Lipinski definition) is 2. The molecule has 2 amide bonds. The van der Waals surface area contributed by atoms with E-state index >= 15 is 0 Å². The number of amides is 2. The number of rotatable bonds is 7. The Hall–Kier alpha value is -1.93. The van der Waals surface area contributed by atoms with Crippen molar-refractivity contribution in [3.63, 3.8) is 0 Å². The largest absolute Gasteiger partial charge is 0.353 e. The highest BCUT2D eigenvalue weighted by Crippen LogP contribution is 2.28. The normalized spacial score (nSPS) is 21.1. The zero-order chi connectivity index (χ0) is 21.8. The van der Waals surface area contributed by atoms with E-state index in [0.717, 1.165) is 51.4 Å². The molecule has 4 rings (SSSR count). The zero-order valence-corrected chi connectivity index (χ0v) is 18.8. The van der Waals surface area contributed by atoms with Gasteiger partial charge in [0.2, 0.25) is 15.9 Å². The van der Waals surface area contributed by atoms with Crippen molar-refractivity contribution < 1.29 is 18.0 Å². The van der Waals surface area contributed by atoms with Crippen molar-refractivity contribution in [1.29, 1.82) is 0 Å². The second-order valence-corrected chi connectivity index (χ2v) is 11.0. The van der Waals surface area contributed by atoms with Crippen LogP contribution in [0, 0.1) is 11.8 Å². The molecule has 8 heteroatoms. The molecule has 7 nitrogen and oxygen atoms in total. The number of benzene rings is 1. The maximum Gasteiger partial charge on any atom is 0.253 e. The molecule has 0 aromatic heterocycles. The number of hydrogen-bond acceptors (Lipinski definition) is 4. The SMILES string of the molecule is O=C(NC1CCN(C(=O)c2cccc(S(=O)(=O)NCC3CC3)c2)CC1)C1CCCCC1. The summed E-state index contributed by atoms with van der Waals surface area (Å²) in [5, 5.41) is 3.18. The predicted molar refractivity (Wildman–Crippen MR) is 118 cm³/mol. The fourth-order valence-corrected chi connectivity index (χ4v) is 5.68. The molecule has 2 aliphatic carbocycles. The molecule has 1 aliphatic heterocycles. The van der Waals surface area contributed by atoms with Crippen LogP contribution in [0.5, 0.6) is 0 Å². The lowest BCUT2D eigenvalue weighted by Gasteiger charge is -2.33. The van der Waals surface area contributed by atoms with Gasteiger partial charge in [0.25, 0.3) is 5.91 Å². The van der Waals surface area contributed by atoms with Gasteiger partial charge in [-0.3, -0.25) is 9.59 Å². The van der Waals surface area contributed by atoms with Crippen LogP contribution in [0.25, 0.3) is 0 Å². The van der Waals surface area contributed by atoms with Crippen LogP contribution in [-0.4, -0.2) is 50.8 Å². The monoisotopic (exact) mass is 447 g/mol. The molecule has 3 aliphatic rings. The first-order valence-corrected chi connectivity index (χ1v) is 13.1. The van der Waals surface area contributed by atoms with E-state index in [4.69, 9.17) is 0 Å². The molecular weight excluding hydrogens is 414 g/mol. The fraction of sp³-hybridized carbons (Fsp3) is 0.652. The van der Waals surface area contributed by atoms with E-state index in [0.29, 0.717) is 31.1 Å². The van der Waals surface area contributed by atoms with Crippen molar-refractivity contribution in [1.82, 2.24) is 14.9 Å². The molecule has 0 bridgehead atoms. The average Bonchev–Trinajstić information content (AvgIpc) is 3.63. The number of carbonyl (C=O) groups is 2. The summed E-state index contributed by atoms with van der Waals surface area (Å²) in [6, 6.07) is 6.39. The quantitative estimate of drug-likeness (QED) is 0.672. The Morgan fingerprint density at radius 1 is 0.968 bits per heavy atom. The van der Waals surface area contributed by atoms with Gasteiger partial charge < -0.3 is 10.2 Å². The Morgan fingerprint density at radius 2 is 1.68 bits per heavy atom. The van der Waals surface area contributed by atoms with Gasteiger partial charge >= 0.3 is 0 Å². The highest BCUT2D eigenvalue weighted by molar-refractivity contribution is 7.89. The summed E-state index contributed by atoms with van der Waals surface area (Å²) in [7, 11) is -3.60. The third-order valence-corrected chi connectivity index (χ3v) is 8.18. The maximum absolute atomic E-state index is 13.0. The van der Waals surface area contributed by atoms with Crippen LogP contribution in [0.15, 0.2) is 29.2 Å². The fourth-order valence-electron chi connectivity index (χ4n) is 4.52. The number of carbonyl (C=O) groups excluding carboxylic acids is 2. The van der Waals surface area contributed by atoms with Gasteiger partial charge in [0.05, 0.1) is 4.90 Å². The van der Waals surface area contributed by atoms with Crippen LogP contribution >= 0.6 is 0 Å². The lowest BCUT2D eigenvalue weighted by Crippen LogP contribution is -2.48. The molecule has 0 unspecified atom stereocenters. The van der Waals surface area contributed by atoms with Gasteiger partial charge in [0, 0.05) is 37.2 Å². The van der Waals surface area contributed by atoms with E-state index < -0.39 is 10.0 Å². The van der Waals surface area contributed by atoms with Crippen molar-refractivity contribution in [2.45, 2.75) is 68.7 Å². The number of likely N-dealkylation sites (tertiary alicyclic amines) is 1. The summed E-state index contributed by atoms with van der Waals surface area (Å²) < 4.78 is 27.7. The number of nitrogens with one attached hydrogen (secondary N) is 2. The van der Waals surface area contributed by atoms with E-state index in [1.54, 1.807) is 17.0 Å². The van der Waals surface area contributed by atoms with Gasteiger partial charge in [-0.2, -0.15) is 0 Å². The molecule has 0 atom stereocenters. The van der Waals surface area contributed by atoms with Gasteiger partial charge in [0.15, 0.2) is 0 Å². The van der Waals surface area contributed by atoms with E-state index in [9.17, 15) is 18.0 Å². The first kappa shape index (κ1) is 22.3. The Morgan fingerprint density at radius 3 is 2.35 bits per heavy atom. The van der Waals surface area contributed by atoms with Gasteiger partial charge in [-0.05, 0) is 62.6 Å². The lowest BCUT2D eigenvalue weighted by molar-refractivity contribution is -0.126. The molecule has 3 fully saturated rings. The van der Waals surface area contributed by atoms with Crippen molar-refractivity contribution in [3.05, 3.63) is 29.8 Å². The van der Waals surface area contributed by atoms with E-state index in [1.807, 2.05) is 0 Å². The van der Waals surface area contributed by atoms with Crippen molar-refractivity contribution in [2.75, 3.05) is 19.6 Å². The van der Waals surface area contributed by atoms with Crippen LogP contribution in [-0.2, 0) is 14.8 Å². The molecule has 2 saturated carbocycles. The van der Waals surface area contributed by atoms with Crippen LogP contribution in [0.2, 0.25) is 0 Å². The van der Waals surface area contributed by atoms with Crippen molar-refractivity contribution >= 4 is 21.8 Å². The van der Waals surface area contributed by atoms with Crippen molar-refractivity contribution in [3.8, 4) is 0 Å². The second kappa shape index (κ2) is 9.69. The Labute approximate surface area is 185 Å². The van der Waals surface area contributed by atoms with Gasteiger partial charge in [-0.25, -0.2) is 13.1 Å². The molecule has 1 aromatic carbocycles. The number of sulfonamides is 1. The summed E-state index contributed by atoms with van der Waals surface area (Å²) in [6.07, 6.45) is 9.05. The predicted octanol–water partition coefficient (Wildman–Crippen LogP) is 2.68. The molecular formula is C23H33N3O4S. The second-order valence-electron chi connectivity index (χ2n) is 9.23. The van der Waals surface area contributed by atoms with Crippen LogP contribution in [0.3, 0.4) is 0 Å². The number of nitrogens with zero attached hydrogens (tertiary/aromatic N) is 1. The Bertz CT molecular complexity index is 899. The highest BCUT2D eigenvalue weighted by Gasteiger charge is 2.29. The number of piperidine rings is 1. The molecule has 0 spiro atoms. The first-order chi connectivity index (χ1) is 14.9. The minimum absolute atomic E-state index is 0.108. The molecule has 0 radical (unpaired) electrons. The third kappa shape index (κ3) is 5.86. The molecule has 31 heavy (non-hydrogen) atoms. The van der Waals surface area contributed by atoms with Crippen LogP contribution in [0.4, 0.5) is 0 Å². The van der Waals surface area contributed by atoms with Crippen LogP contribution < -0.4 is 10.0 Å². The minimum Gasteiger partial charge on any atom is -0.353 e. The molecule has 1 aromatic rings. The lowest BCUT2D eigenvalue weighted by atomic mass is 9.88. The Balaban J connectivity index is 1.30. The summed E-state index contributed by atoms with van der Waals surface area (Å²) in [4.78, 5) is 27.3. The summed E-state index contributed by atoms with van der Waals surface area (Å²) >= 11 is 0. The van der Waals surface area contributed by atoms with E-state index in [2.05, 4.69) is 10.0 Å². The summed E-state index contributed by atoms with van der Waals surface area (Å²) in [5.74, 6) is 0.600. The van der Waals surface area contributed by atoms with E-state index in [1.165, 1.54) is 18.6 Å². The van der Waals surface area contributed by atoms with Gasteiger partial charge in [0.1, 0.15) is 0 Å². The molecule has 1 saturated heterocycles. The Kier molecular flexibility index (Phi) is 6.96. The van der Waals surface area contributed by atoms with Gasteiger partial charge in [-0.15, -0.1) is 0 Å². The molecule has 170 valence electrons. The summed E-state index contributed by atoms with van der Waals surface area (Å²) in [5.41, 5.74) is 0.388. The summed E-state index contributed by atoms with van der Waals surface area (Å²) in [6.45, 7) is 1.58. The standard InChI is InChI=1S/C23H33N3O4S/c27-22(18-5-2-1-3-6-18)25-20-11-13-26(14-12-20)23(28)19-7-4-8-21(15-19)31(29,30)24-16-17-9-10-17/h4,7-8,15,17-18,20,24H,1-3,5-6,9-14,16H2,(H,25,27). The van der Waals surface area contributed by atoms with Crippen LogP contribution in [0.1, 0.15) is 68.1 Å². The third-order valence-electron chi connectivity index (χ3n) is 6.75. The highest BCUT2D eigenvalue weighted by atomic mass is 32.2. The van der Waals surface area contributed by atoms with E-state index in [-0.39, 0.29) is 28.7 Å². The topological polar surface area (TPSA) is 95.6 Å². The zero-order valence-electron chi connectivity index (χ0n) is 18.0. The smallest absolute Gasteiger partial charge is 0.253 e. The van der Waals surface area contributed by atoms with Crippen molar-refractivity contribution in [2.24, 2.45) is 11.8 Å². The first-order valence-electron chi connectivity index (χ1n) is 11.6.